The van der Waals surface area contributed by atoms with Gasteiger partial charge in [-0.1, -0.05) is 46.0 Å². The molecule has 0 heterocycles. The van der Waals surface area contributed by atoms with Gasteiger partial charge in [0.1, 0.15) is 0 Å². The summed E-state index contributed by atoms with van der Waals surface area (Å²) in [7, 11) is 0. The molecule has 0 aromatic rings. The molecular formula is C16H31N. The van der Waals surface area contributed by atoms with Crippen LogP contribution in [0.4, 0.5) is 0 Å². The molecule has 0 amide bonds. The molecule has 2 saturated carbocycles. The van der Waals surface area contributed by atoms with Gasteiger partial charge in [-0.25, -0.2) is 0 Å². The SMILES string of the molecule is CC1(C)CCCC(NC2CCCCCC2)CC1. The molecule has 2 aliphatic carbocycles. The van der Waals surface area contributed by atoms with Crippen LogP contribution in [0.25, 0.3) is 0 Å². The van der Waals surface area contributed by atoms with Crippen molar-refractivity contribution < 1.29 is 0 Å². The summed E-state index contributed by atoms with van der Waals surface area (Å²) < 4.78 is 0. The summed E-state index contributed by atoms with van der Waals surface area (Å²) in [6.45, 7) is 4.89. The zero-order valence-electron chi connectivity index (χ0n) is 11.9. The number of nitrogens with one attached hydrogen (secondary N) is 1. The van der Waals surface area contributed by atoms with E-state index >= 15 is 0 Å². The summed E-state index contributed by atoms with van der Waals surface area (Å²) in [5.41, 5.74) is 0.597. The second-order valence-electron chi connectivity index (χ2n) is 7.15. The molecule has 0 saturated heterocycles. The second-order valence-corrected chi connectivity index (χ2v) is 7.15. The van der Waals surface area contributed by atoms with Gasteiger partial charge in [0.15, 0.2) is 0 Å². The highest BCUT2D eigenvalue weighted by Gasteiger charge is 2.25. The highest BCUT2D eigenvalue weighted by Crippen LogP contribution is 2.34. The summed E-state index contributed by atoms with van der Waals surface area (Å²) in [6.07, 6.45) is 15.8. The van der Waals surface area contributed by atoms with Gasteiger partial charge in [-0.3, -0.25) is 0 Å². The van der Waals surface area contributed by atoms with Crippen LogP contribution in [0.3, 0.4) is 0 Å². The molecule has 17 heavy (non-hydrogen) atoms. The molecule has 0 bridgehead atoms. The van der Waals surface area contributed by atoms with Gasteiger partial charge in [-0.2, -0.15) is 0 Å². The Kier molecular flexibility index (Phi) is 4.90. The van der Waals surface area contributed by atoms with E-state index in [-0.39, 0.29) is 0 Å². The molecule has 0 aromatic carbocycles. The van der Waals surface area contributed by atoms with Crippen LogP contribution in [-0.2, 0) is 0 Å². The van der Waals surface area contributed by atoms with Crippen LogP contribution < -0.4 is 5.32 Å². The molecule has 100 valence electrons. The van der Waals surface area contributed by atoms with Crippen LogP contribution in [0.2, 0.25) is 0 Å². The summed E-state index contributed by atoms with van der Waals surface area (Å²) in [5, 5.41) is 3.98. The van der Waals surface area contributed by atoms with E-state index in [1.165, 1.54) is 70.6 Å². The monoisotopic (exact) mass is 237 g/mol. The van der Waals surface area contributed by atoms with Crippen LogP contribution in [-0.4, -0.2) is 12.1 Å². The molecule has 1 N–H and O–H groups in total. The Labute approximate surface area is 108 Å². The maximum atomic E-state index is 3.98. The van der Waals surface area contributed by atoms with Gasteiger partial charge in [0.2, 0.25) is 0 Å². The van der Waals surface area contributed by atoms with Crippen molar-refractivity contribution in [1.29, 1.82) is 0 Å². The van der Waals surface area contributed by atoms with E-state index in [2.05, 4.69) is 19.2 Å². The van der Waals surface area contributed by atoms with Crippen LogP contribution >= 0.6 is 0 Å². The molecule has 2 fully saturated rings. The maximum absolute atomic E-state index is 3.98. The topological polar surface area (TPSA) is 12.0 Å². The van der Waals surface area contributed by atoms with Gasteiger partial charge in [0, 0.05) is 12.1 Å². The first-order chi connectivity index (χ1) is 8.16. The summed E-state index contributed by atoms with van der Waals surface area (Å²) in [4.78, 5) is 0. The summed E-state index contributed by atoms with van der Waals surface area (Å²) in [5.74, 6) is 0. The first kappa shape index (κ1) is 13.4. The van der Waals surface area contributed by atoms with Gasteiger partial charge >= 0.3 is 0 Å². The molecule has 0 aliphatic heterocycles. The first-order valence-corrected chi connectivity index (χ1v) is 7.92. The fourth-order valence-electron chi connectivity index (χ4n) is 3.61. The molecule has 2 rings (SSSR count). The number of hydrogen-bond acceptors (Lipinski definition) is 1. The zero-order valence-corrected chi connectivity index (χ0v) is 11.9. The molecule has 1 unspecified atom stereocenters. The van der Waals surface area contributed by atoms with E-state index < -0.39 is 0 Å². The predicted octanol–water partition coefficient (Wildman–Crippen LogP) is 4.66. The van der Waals surface area contributed by atoms with E-state index in [1.54, 1.807) is 0 Å². The Morgan fingerprint density at radius 3 is 2.00 bits per heavy atom. The number of rotatable bonds is 2. The highest BCUT2D eigenvalue weighted by atomic mass is 14.9. The third kappa shape index (κ3) is 4.62. The molecule has 0 radical (unpaired) electrons. The zero-order chi connectivity index (χ0) is 12.1. The molecular weight excluding hydrogens is 206 g/mol. The maximum Gasteiger partial charge on any atom is 0.00698 e. The van der Waals surface area contributed by atoms with Gasteiger partial charge in [-0.05, 0) is 43.9 Å². The minimum atomic E-state index is 0.597. The van der Waals surface area contributed by atoms with Crippen molar-refractivity contribution in [3.05, 3.63) is 0 Å². The Hall–Kier alpha value is -0.0400. The van der Waals surface area contributed by atoms with Crippen molar-refractivity contribution in [1.82, 2.24) is 5.32 Å². The van der Waals surface area contributed by atoms with E-state index in [0.717, 1.165) is 12.1 Å². The minimum absolute atomic E-state index is 0.597. The van der Waals surface area contributed by atoms with Gasteiger partial charge in [-0.15, -0.1) is 0 Å². The molecule has 2 aliphatic rings. The standard InChI is InChI=1S/C16H31N/c1-16(2)12-7-10-15(11-13-16)17-14-8-5-3-4-6-9-14/h14-15,17H,3-13H2,1-2H3. The molecule has 1 atom stereocenters. The molecule has 1 nitrogen and oxygen atoms in total. The molecule has 0 spiro atoms. The predicted molar refractivity (Wildman–Crippen MR) is 75.3 cm³/mol. The lowest BCUT2D eigenvalue weighted by atomic mass is 9.85. The summed E-state index contributed by atoms with van der Waals surface area (Å²) in [6, 6.07) is 1.66. The lowest BCUT2D eigenvalue weighted by Crippen LogP contribution is -2.37. The first-order valence-electron chi connectivity index (χ1n) is 7.92. The third-order valence-electron chi connectivity index (χ3n) is 4.90. The van der Waals surface area contributed by atoms with E-state index in [0.29, 0.717) is 5.41 Å². The van der Waals surface area contributed by atoms with E-state index in [4.69, 9.17) is 0 Å². The normalized spacial score (nSPS) is 31.8. The lowest BCUT2D eigenvalue weighted by Gasteiger charge is -2.25. The Bertz CT molecular complexity index is 214. The number of hydrogen-bond donors (Lipinski definition) is 1. The van der Waals surface area contributed by atoms with Crippen LogP contribution in [0.1, 0.15) is 84.5 Å². The van der Waals surface area contributed by atoms with Crippen LogP contribution in [0, 0.1) is 5.41 Å². The third-order valence-corrected chi connectivity index (χ3v) is 4.90. The summed E-state index contributed by atoms with van der Waals surface area (Å²) >= 11 is 0. The van der Waals surface area contributed by atoms with Crippen molar-refractivity contribution in [3.8, 4) is 0 Å². The van der Waals surface area contributed by atoms with Crippen LogP contribution in [0.5, 0.6) is 0 Å². The molecule has 0 aromatic heterocycles. The fraction of sp³-hybridized carbons (Fsp3) is 1.00. The lowest BCUT2D eigenvalue weighted by molar-refractivity contribution is 0.304. The van der Waals surface area contributed by atoms with Crippen LogP contribution in [0.15, 0.2) is 0 Å². The Morgan fingerprint density at radius 2 is 1.29 bits per heavy atom. The molecule has 1 heteroatoms. The van der Waals surface area contributed by atoms with Gasteiger partial charge in [0.25, 0.3) is 0 Å². The average molecular weight is 237 g/mol. The quantitative estimate of drug-likeness (QED) is 0.689. The Balaban J connectivity index is 1.77. The Morgan fingerprint density at radius 1 is 0.706 bits per heavy atom. The van der Waals surface area contributed by atoms with Crippen molar-refractivity contribution >= 4 is 0 Å². The minimum Gasteiger partial charge on any atom is -0.311 e. The average Bonchev–Trinajstić information content (AvgIpc) is 2.61. The second kappa shape index (κ2) is 6.22. The smallest absolute Gasteiger partial charge is 0.00698 e. The van der Waals surface area contributed by atoms with Gasteiger partial charge < -0.3 is 5.32 Å². The van der Waals surface area contributed by atoms with Crippen molar-refractivity contribution in [2.24, 2.45) is 5.41 Å². The van der Waals surface area contributed by atoms with Crippen molar-refractivity contribution in [2.75, 3.05) is 0 Å². The largest absolute Gasteiger partial charge is 0.311 e. The van der Waals surface area contributed by atoms with E-state index in [1.807, 2.05) is 0 Å². The van der Waals surface area contributed by atoms with Crippen molar-refractivity contribution in [2.45, 2.75) is 96.6 Å². The van der Waals surface area contributed by atoms with E-state index in [9.17, 15) is 0 Å². The fourth-order valence-corrected chi connectivity index (χ4v) is 3.61. The van der Waals surface area contributed by atoms with Crippen molar-refractivity contribution in [3.63, 3.8) is 0 Å². The highest BCUT2D eigenvalue weighted by molar-refractivity contribution is 4.82. The van der Waals surface area contributed by atoms with Gasteiger partial charge in [0.05, 0.1) is 0 Å².